The molecule has 1 fully saturated rings. The number of nitrogens with zero attached hydrogens (tertiary/aromatic N) is 1. The highest BCUT2D eigenvalue weighted by Gasteiger charge is 2.53. The monoisotopic (exact) mass is 325 g/mol. The lowest BCUT2D eigenvalue weighted by atomic mass is 9.62. The lowest BCUT2D eigenvalue weighted by Crippen LogP contribution is -2.53. The van der Waals surface area contributed by atoms with Crippen molar-refractivity contribution in [3.05, 3.63) is 12.7 Å². The van der Waals surface area contributed by atoms with E-state index in [0.29, 0.717) is 18.6 Å². The Morgan fingerprint density at radius 1 is 1.52 bits per heavy atom. The molecule has 0 radical (unpaired) electrons. The maximum Gasteiger partial charge on any atom is 0.316 e. The van der Waals surface area contributed by atoms with Gasteiger partial charge in [-0.15, -0.1) is 0 Å². The predicted molar refractivity (Wildman–Crippen MR) is 86.9 cm³/mol. The number of methoxy groups -OCH3 is 1. The fourth-order valence-electron chi connectivity index (χ4n) is 3.16. The number of carbonyl (C=O) groups excluding carboxylic acids is 2. The van der Waals surface area contributed by atoms with Crippen LogP contribution in [0.25, 0.3) is 0 Å². The molecule has 23 heavy (non-hydrogen) atoms. The normalized spacial score (nSPS) is 27.4. The molecule has 6 nitrogen and oxygen atoms in total. The highest BCUT2D eigenvalue weighted by atomic mass is 16.6. The molecule has 0 aromatic rings. The molecule has 1 aliphatic rings. The molecule has 0 heterocycles. The maximum atomic E-state index is 12.9. The quantitative estimate of drug-likeness (QED) is 0.193. The Morgan fingerprint density at radius 2 is 2.17 bits per heavy atom. The van der Waals surface area contributed by atoms with Gasteiger partial charge in [-0.1, -0.05) is 45.0 Å². The second kappa shape index (κ2) is 8.24. The smallest absolute Gasteiger partial charge is 0.316 e. The zero-order valence-corrected chi connectivity index (χ0v) is 14.4. The van der Waals surface area contributed by atoms with Gasteiger partial charge in [0.1, 0.15) is 12.5 Å². The molecule has 6 heteroatoms. The van der Waals surface area contributed by atoms with E-state index in [4.69, 9.17) is 9.57 Å². The van der Waals surface area contributed by atoms with E-state index in [1.54, 1.807) is 19.9 Å². The number of ether oxygens (including phenoxy) is 1. The molecular weight excluding hydrogens is 298 g/mol. The van der Waals surface area contributed by atoms with Gasteiger partial charge in [0, 0.05) is 0 Å². The lowest BCUT2D eigenvalue weighted by Gasteiger charge is -2.42. The molecule has 3 unspecified atom stereocenters. The van der Waals surface area contributed by atoms with Gasteiger partial charge in [0.15, 0.2) is 5.78 Å². The van der Waals surface area contributed by atoms with Gasteiger partial charge in [0.25, 0.3) is 0 Å². The minimum Gasteiger partial charge on any atom is -0.468 e. The number of rotatable bonds is 7. The summed E-state index contributed by atoms with van der Waals surface area (Å²) in [6.07, 6.45) is 2.23. The molecule has 0 spiro atoms. The Bertz CT molecular complexity index is 483. The van der Waals surface area contributed by atoms with Gasteiger partial charge in [-0.25, -0.2) is 0 Å². The van der Waals surface area contributed by atoms with E-state index in [-0.39, 0.29) is 12.4 Å². The second-order valence-electron chi connectivity index (χ2n) is 6.51. The van der Waals surface area contributed by atoms with Gasteiger partial charge in [0.2, 0.25) is 0 Å². The van der Waals surface area contributed by atoms with Crippen molar-refractivity contribution in [2.75, 3.05) is 13.7 Å². The van der Waals surface area contributed by atoms with Crippen LogP contribution in [0.15, 0.2) is 17.8 Å². The van der Waals surface area contributed by atoms with Crippen LogP contribution in [-0.2, 0) is 19.2 Å². The van der Waals surface area contributed by atoms with Gasteiger partial charge >= 0.3 is 5.97 Å². The molecule has 0 saturated heterocycles. The average Bonchev–Trinajstić information content (AvgIpc) is 2.45. The fraction of sp³-hybridized carbons (Fsp3) is 0.706. The molecule has 1 saturated carbocycles. The summed E-state index contributed by atoms with van der Waals surface area (Å²) in [6.45, 7) is 9.28. The van der Waals surface area contributed by atoms with Gasteiger partial charge in [-0.05, 0) is 18.3 Å². The molecule has 1 aliphatic carbocycles. The molecule has 0 aromatic carbocycles. The number of carbonyl (C=O) groups is 2. The first-order valence-electron chi connectivity index (χ1n) is 7.89. The summed E-state index contributed by atoms with van der Waals surface area (Å²) in [5.74, 6) is -2.67. The van der Waals surface area contributed by atoms with Crippen LogP contribution in [0.2, 0.25) is 0 Å². The van der Waals surface area contributed by atoms with Crippen molar-refractivity contribution in [3.63, 3.8) is 0 Å². The fourth-order valence-corrected chi connectivity index (χ4v) is 3.16. The molecule has 0 amide bonds. The number of ketones is 1. The number of aliphatic hydroxyl groups is 1. The highest BCUT2D eigenvalue weighted by Crippen LogP contribution is 2.42. The third kappa shape index (κ3) is 4.41. The van der Waals surface area contributed by atoms with E-state index in [9.17, 15) is 14.7 Å². The van der Waals surface area contributed by atoms with Crippen LogP contribution in [0, 0.1) is 17.3 Å². The van der Waals surface area contributed by atoms with Crippen LogP contribution in [0.1, 0.15) is 40.0 Å². The standard InChI is InChI=1S/C17H27NO5/c1-6-8-11(18-23-9-7-2)13-12(19)10-17(3,4)14(15(13)20)16(21)22-5/h7,12-14,19H,2,6,8-10H2,1,3-5H3. The van der Waals surface area contributed by atoms with Crippen LogP contribution in [0.3, 0.4) is 0 Å². The van der Waals surface area contributed by atoms with Gasteiger partial charge in [-0.3, -0.25) is 9.59 Å². The summed E-state index contributed by atoms with van der Waals surface area (Å²) in [4.78, 5) is 30.1. The van der Waals surface area contributed by atoms with Crippen molar-refractivity contribution in [1.82, 2.24) is 0 Å². The van der Waals surface area contributed by atoms with Crippen molar-refractivity contribution in [3.8, 4) is 0 Å². The number of hydrogen-bond acceptors (Lipinski definition) is 6. The van der Waals surface area contributed by atoms with E-state index in [1.165, 1.54) is 7.11 Å². The summed E-state index contributed by atoms with van der Waals surface area (Å²) in [7, 11) is 1.26. The van der Waals surface area contributed by atoms with Crippen molar-refractivity contribution in [2.24, 2.45) is 22.4 Å². The number of esters is 1. The molecule has 3 atom stereocenters. The van der Waals surface area contributed by atoms with Crippen molar-refractivity contribution < 1.29 is 24.3 Å². The Kier molecular flexibility index (Phi) is 6.94. The van der Waals surface area contributed by atoms with Crippen molar-refractivity contribution in [2.45, 2.75) is 46.1 Å². The Morgan fingerprint density at radius 3 is 2.70 bits per heavy atom. The minimum atomic E-state index is -0.914. The zero-order chi connectivity index (χ0) is 17.6. The van der Waals surface area contributed by atoms with E-state index >= 15 is 0 Å². The molecule has 130 valence electrons. The molecule has 1 rings (SSSR count). The van der Waals surface area contributed by atoms with Crippen LogP contribution >= 0.6 is 0 Å². The topological polar surface area (TPSA) is 85.2 Å². The first kappa shape index (κ1) is 19.4. The Balaban J connectivity index is 3.16. The molecule has 0 aliphatic heterocycles. The number of Topliss-reactive ketones (excluding diaryl/α,β-unsaturated/α-hetero) is 1. The lowest BCUT2D eigenvalue weighted by molar-refractivity contribution is -0.161. The first-order chi connectivity index (χ1) is 10.8. The Labute approximate surface area is 137 Å². The van der Waals surface area contributed by atoms with Crippen LogP contribution in [0.5, 0.6) is 0 Å². The van der Waals surface area contributed by atoms with Gasteiger partial charge in [0.05, 0.1) is 24.8 Å². The molecular formula is C17H27NO5. The predicted octanol–water partition coefficient (Wildman–Crippen LogP) is 2.11. The summed E-state index contributed by atoms with van der Waals surface area (Å²) < 4.78 is 4.79. The minimum absolute atomic E-state index is 0.218. The van der Waals surface area contributed by atoms with Crippen LogP contribution in [-0.4, -0.2) is 42.4 Å². The SMILES string of the molecule is C=CCON=C(CCC)C1C(=O)C(C(=O)OC)C(C)(C)CC1O. The Hall–Kier alpha value is -1.69. The third-order valence-corrected chi connectivity index (χ3v) is 4.17. The van der Waals surface area contributed by atoms with E-state index in [2.05, 4.69) is 11.7 Å². The molecule has 1 N–H and O–H groups in total. The second-order valence-corrected chi connectivity index (χ2v) is 6.51. The van der Waals surface area contributed by atoms with E-state index < -0.39 is 29.3 Å². The van der Waals surface area contributed by atoms with Crippen LogP contribution in [0.4, 0.5) is 0 Å². The highest BCUT2D eigenvalue weighted by molar-refractivity contribution is 6.13. The maximum absolute atomic E-state index is 12.9. The van der Waals surface area contributed by atoms with Crippen molar-refractivity contribution in [1.29, 1.82) is 0 Å². The average molecular weight is 325 g/mol. The summed E-state index contributed by atoms with van der Waals surface area (Å²) in [5.41, 5.74) is -0.199. The number of oxime groups is 1. The summed E-state index contributed by atoms with van der Waals surface area (Å²) in [5, 5.41) is 14.5. The molecule has 0 bridgehead atoms. The number of hydrogen-bond donors (Lipinski definition) is 1. The van der Waals surface area contributed by atoms with Gasteiger partial charge in [-0.2, -0.15) is 0 Å². The number of aliphatic hydroxyl groups excluding tert-OH is 1. The largest absolute Gasteiger partial charge is 0.468 e. The van der Waals surface area contributed by atoms with Crippen molar-refractivity contribution >= 4 is 17.5 Å². The molecule has 0 aromatic heterocycles. The summed E-state index contributed by atoms with van der Waals surface area (Å²) in [6, 6.07) is 0. The first-order valence-corrected chi connectivity index (χ1v) is 7.89. The van der Waals surface area contributed by atoms with E-state index in [1.807, 2.05) is 6.92 Å². The third-order valence-electron chi connectivity index (χ3n) is 4.17. The van der Waals surface area contributed by atoms with E-state index in [0.717, 1.165) is 6.42 Å². The summed E-state index contributed by atoms with van der Waals surface area (Å²) >= 11 is 0. The zero-order valence-electron chi connectivity index (χ0n) is 14.4. The van der Waals surface area contributed by atoms with Gasteiger partial charge < -0.3 is 14.7 Å². The van der Waals surface area contributed by atoms with Crippen LogP contribution < -0.4 is 0 Å².